The van der Waals surface area contributed by atoms with E-state index < -0.39 is 0 Å². The van der Waals surface area contributed by atoms with Crippen molar-refractivity contribution in [1.82, 2.24) is 0 Å². The molecule has 1 saturated heterocycles. The highest BCUT2D eigenvalue weighted by molar-refractivity contribution is 6.14. The molecule has 0 amide bonds. The van der Waals surface area contributed by atoms with E-state index in [9.17, 15) is 9.90 Å². The van der Waals surface area contributed by atoms with Crippen LogP contribution in [0.1, 0.15) is 28.4 Å². The van der Waals surface area contributed by atoms with Gasteiger partial charge in [-0.05, 0) is 42.8 Å². The van der Waals surface area contributed by atoms with Crippen molar-refractivity contribution in [3.05, 3.63) is 58.8 Å². The second-order valence-electron chi connectivity index (χ2n) is 6.92. The number of quaternary nitrogens is 1. The van der Waals surface area contributed by atoms with Crippen LogP contribution in [0.25, 0.3) is 6.08 Å². The maximum atomic E-state index is 12.8. The zero-order valence-corrected chi connectivity index (χ0v) is 15.9. The third kappa shape index (κ3) is 3.74. The third-order valence-corrected chi connectivity index (χ3v) is 5.03. The highest BCUT2D eigenvalue weighted by Gasteiger charge is 2.32. The van der Waals surface area contributed by atoms with Crippen LogP contribution in [0.2, 0.25) is 0 Å². The number of hydrogen-bond donors (Lipinski definition) is 2. The molecule has 0 radical (unpaired) electrons. The van der Waals surface area contributed by atoms with Crippen LogP contribution in [0.4, 0.5) is 0 Å². The van der Waals surface area contributed by atoms with Crippen molar-refractivity contribution in [2.45, 2.75) is 13.5 Å². The monoisotopic (exact) mass is 382 g/mol. The van der Waals surface area contributed by atoms with E-state index in [1.807, 2.05) is 31.2 Å². The number of hydrogen-bond acceptors (Lipinski definition) is 5. The average molecular weight is 382 g/mol. The number of ketones is 1. The van der Waals surface area contributed by atoms with E-state index in [1.165, 1.54) is 4.90 Å². The van der Waals surface area contributed by atoms with Gasteiger partial charge in [-0.1, -0.05) is 12.1 Å². The first-order valence-corrected chi connectivity index (χ1v) is 9.59. The van der Waals surface area contributed by atoms with E-state index >= 15 is 0 Å². The minimum absolute atomic E-state index is 0.160. The van der Waals surface area contributed by atoms with E-state index in [-0.39, 0.29) is 17.3 Å². The summed E-state index contributed by atoms with van der Waals surface area (Å²) in [5.74, 6) is 1.52. The number of phenolic OH excluding ortho intramolecular Hbond substituents is 1. The Kier molecular flexibility index (Phi) is 5.32. The molecule has 28 heavy (non-hydrogen) atoms. The standard InChI is InChI=1S/C22H23NO5/c1-2-27-16-5-3-15(4-6-16)13-20-21(25)17-7-8-19(24)18(22(17)28-20)14-23-9-11-26-12-10-23/h3-8,13,24H,2,9-12,14H2,1H3/p+1/b20-13-. The minimum Gasteiger partial charge on any atom is -0.507 e. The van der Waals surface area contributed by atoms with E-state index in [1.54, 1.807) is 18.2 Å². The van der Waals surface area contributed by atoms with Gasteiger partial charge in [0, 0.05) is 0 Å². The number of ether oxygens (including phenoxy) is 3. The fourth-order valence-corrected chi connectivity index (χ4v) is 3.53. The van der Waals surface area contributed by atoms with Crippen molar-refractivity contribution in [2.24, 2.45) is 0 Å². The van der Waals surface area contributed by atoms with Crippen LogP contribution in [0.5, 0.6) is 17.2 Å². The third-order valence-electron chi connectivity index (χ3n) is 5.03. The number of carbonyl (C=O) groups is 1. The zero-order chi connectivity index (χ0) is 19.5. The molecule has 2 aromatic carbocycles. The molecule has 6 nitrogen and oxygen atoms in total. The number of fused-ring (bicyclic) bond motifs is 1. The maximum absolute atomic E-state index is 12.8. The molecule has 6 heteroatoms. The molecule has 0 aliphatic carbocycles. The first kappa shape index (κ1) is 18.5. The number of benzene rings is 2. The van der Waals surface area contributed by atoms with Gasteiger partial charge in [0.05, 0.1) is 30.9 Å². The summed E-state index contributed by atoms with van der Waals surface area (Å²) in [4.78, 5) is 14.1. The number of rotatable bonds is 5. The Balaban J connectivity index is 1.59. The van der Waals surface area contributed by atoms with Gasteiger partial charge in [-0.25, -0.2) is 0 Å². The summed E-state index contributed by atoms with van der Waals surface area (Å²) in [6.45, 7) is 6.28. The Morgan fingerprint density at radius 1 is 1.14 bits per heavy atom. The Morgan fingerprint density at radius 3 is 2.61 bits per heavy atom. The Bertz CT molecular complexity index is 898. The van der Waals surface area contributed by atoms with Gasteiger partial charge in [0.25, 0.3) is 0 Å². The summed E-state index contributed by atoms with van der Waals surface area (Å²) in [5, 5.41) is 10.4. The van der Waals surface area contributed by atoms with Gasteiger partial charge in [-0.15, -0.1) is 0 Å². The van der Waals surface area contributed by atoms with Crippen LogP contribution in [-0.2, 0) is 11.3 Å². The van der Waals surface area contributed by atoms with Crippen molar-refractivity contribution in [3.8, 4) is 17.2 Å². The lowest BCUT2D eigenvalue weighted by Gasteiger charge is -2.24. The number of nitrogens with one attached hydrogen (secondary N) is 1. The SMILES string of the molecule is CCOc1ccc(/C=C2\Oc3c(ccc(O)c3C[NH+]3CCOCC3)C2=O)cc1. The Morgan fingerprint density at radius 2 is 1.89 bits per heavy atom. The molecule has 2 aliphatic rings. The molecule has 2 aliphatic heterocycles. The van der Waals surface area contributed by atoms with Gasteiger partial charge in [-0.2, -0.15) is 0 Å². The van der Waals surface area contributed by atoms with Crippen LogP contribution < -0.4 is 14.4 Å². The first-order valence-electron chi connectivity index (χ1n) is 9.59. The van der Waals surface area contributed by atoms with E-state index in [0.29, 0.717) is 43.2 Å². The molecule has 1 fully saturated rings. The maximum Gasteiger partial charge on any atom is 0.231 e. The summed E-state index contributed by atoms with van der Waals surface area (Å²) in [7, 11) is 0. The molecular formula is C22H24NO5+. The van der Waals surface area contributed by atoms with Gasteiger partial charge in [0.15, 0.2) is 11.5 Å². The highest BCUT2D eigenvalue weighted by Crippen LogP contribution is 2.39. The number of carbonyl (C=O) groups excluding carboxylic acids is 1. The predicted molar refractivity (Wildman–Crippen MR) is 104 cm³/mol. The molecule has 0 spiro atoms. The molecule has 2 heterocycles. The molecule has 0 atom stereocenters. The fourth-order valence-electron chi connectivity index (χ4n) is 3.53. The average Bonchev–Trinajstić information content (AvgIpc) is 3.02. The lowest BCUT2D eigenvalue weighted by molar-refractivity contribution is -0.921. The molecule has 2 aromatic rings. The van der Waals surface area contributed by atoms with E-state index in [0.717, 1.165) is 24.4 Å². The number of aromatic hydroxyl groups is 1. The van der Waals surface area contributed by atoms with Gasteiger partial charge in [0.2, 0.25) is 5.78 Å². The summed E-state index contributed by atoms with van der Waals surface area (Å²) in [6, 6.07) is 10.7. The summed E-state index contributed by atoms with van der Waals surface area (Å²) in [5.41, 5.74) is 2.03. The molecule has 0 aromatic heterocycles. The van der Waals surface area contributed by atoms with Crippen molar-refractivity contribution in [3.63, 3.8) is 0 Å². The fraction of sp³-hybridized carbons (Fsp3) is 0.318. The van der Waals surface area contributed by atoms with E-state index in [4.69, 9.17) is 14.2 Å². The topological polar surface area (TPSA) is 69.4 Å². The first-order chi connectivity index (χ1) is 13.7. The number of allylic oxidation sites excluding steroid dienone is 1. The molecule has 0 unspecified atom stereocenters. The predicted octanol–water partition coefficient (Wildman–Crippen LogP) is 1.82. The molecular weight excluding hydrogens is 358 g/mol. The van der Waals surface area contributed by atoms with Crippen LogP contribution in [-0.4, -0.2) is 43.8 Å². The second-order valence-corrected chi connectivity index (χ2v) is 6.92. The van der Waals surface area contributed by atoms with Gasteiger partial charge in [0.1, 0.15) is 31.1 Å². The lowest BCUT2D eigenvalue weighted by Crippen LogP contribution is -3.12. The van der Waals surface area contributed by atoms with Gasteiger partial charge in [-0.3, -0.25) is 4.79 Å². The summed E-state index contributed by atoms with van der Waals surface area (Å²) in [6.07, 6.45) is 1.72. The smallest absolute Gasteiger partial charge is 0.231 e. The largest absolute Gasteiger partial charge is 0.507 e. The number of phenols is 1. The molecule has 2 N–H and O–H groups in total. The van der Waals surface area contributed by atoms with E-state index in [2.05, 4.69) is 0 Å². The molecule has 146 valence electrons. The number of morpholine rings is 1. The van der Waals surface area contributed by atoms with Crippen LogP contribution in [0.3, 0.4) is 0 Å². The summed E-state index contributed by atoms with van der Waals surface area (Å²) >= 11 is 0. The van der Waals surface area contributed by atoms with Gasteiger partial charge < -0.3 is 24.2 Å². The van der Waals surface area contributed by atoms with Crippen molar-refractivity contribution in [1.29, 1.82) is 0 Å². The van der Waals surface area contributed by atoms with Crippen molar-refractivity contribution in [2.75, 3.05) is 32.9 Å². The number of Topliss-reactive ketones (excluding diaryl/α,β-unsaturated/α-hetero) is 1. The normalized spacial score (nSPS) is 18.2. The van der Waals surface area contributed by atoms with Crippen LogP contribution in [0, 0.1) is 0 Å². The molecule has 0 bridgehead atoms. The molecule has 0 saturated carbocycles. The van der Waals surface area contributed by atoms with Crippen LogP contribution in [0.15, 0.2) is 42.2 Å². The molecule has 4 rings (SSSR count). The Labute approximate surface area is 163 Å². The minimum atomic E-state index is -0.165. The zero-order valence-electron chi connectivity index (χ0n) is 15.9. The van der Waals surface area contributed by atoms with Gasteiger partial charge >= 0.3 is 0 Å². The Hall–Kier alpha value is -2.83. The highest BCUT2D eigenvalue weighted by atomic mass is 16.5. The summed E-state index contributed by atoms with van der Waals surface area (Å²) < 4.78 is 16.8. The van der Waals surface area contributed by atoms with Crippen LogP contribution >= 0.6 is 0 Å². The lowest BCUT2D eigenvalue weighted by atomic mass is 10.0. The van der Waals surface area contributed by atoms with Crippen molar-refractivity contribution >= 4 is 11.9 Å². The second kappa shape index (κ2) is 8.04. The quantitative estimate of drug-likeness (QED) is 0.772. The van der Waals surface area contributed by atoms with Crippen molar-refractivity contribution < 1.29 is 29.0 Å².